The number of benzene rings is 15. The maximum Gasteiger partial charge on any atom is 0.294 e. The van der Waals surface area contributed by atoms with Crippen molar-refractivity contribution in [3.05, 3.63) is 366 Å². The topological polar surface area (TPSA) is 66.4 Å². The van der Waals surface area contributed by atoms with Gasteiger partial charge in [-0.15, -0.1) is 0 Å². The Bertz CT molecular complexity index is 7860. The second-order valence-corrected chi connectivity index (χ2v) is 47.5. The van der Waals surface area contributed by atoms with Gasteiger partial charge in [0.1, 0.15) is 0 Å². The van der Waals surface area contributed by atoms with E-state index < -0.39 is 0 Å². The summed E-state index contributed by atoms with van der Waals surface area (Å²) < 4.78 is 7.31. The Morgan fingerprint density at radius 3 is 0.870 bits per heavy atom. The normalized spacial score (nSPS) is 13.9. The Hall–Kier alpha value is -13.9. The maximum absolute atomic E-state index is 5.37. The molecule has 0 saturated heterocycles. The summed E-state index contributed by atoms with van der Waals surface area (Å²) in [6.45, 7) is 55.4. The highest BCUT2D eigenvalue weighted by atomic mass is 15.2. The average molecular weight is 1800 g/mol. The molecule has 0 saturated carbocycles. The first kappa shape index (κ1) is 89.3. The van der Waals surface area contributed by atoms with Crippen molar-refractivity contribution in [1.82, 2.24) is 28.7 Å². The van der Waals surface area contributed by atoms with Gasteiger partial charge in [-0.3, -0.25) is 0 Å². The second kappa shape index (κ2) is 31.8. The first-order valence-corrected chi connectivity index (χ1v) is 49.7. The summed E-state index contributed by atoms with van der Waals surface area (Å²) in [6.07, 6.45) is 0. The lowest BCUT2D eigenvalue weighted by molar-refractivity contribution is 0.589. The maximum atomic E-state index is 5.37. The zero-order valence-electron chi connectivity index (χ0n) is 84.8. The fraction of sp³-hybridized carbons (Fsp3) is 0.256. The van der Waals surface area contributed by atoms with Gasteiger partial charge in [0.15, 0.2) is 0 Å². The molecule has 18 aromatic rings. The molecular weight excluding hydrogens is 1670 g/mol. The van der Waals surface area contributed by atoms with Crippen molar-refractivity contribution in [3.8, 4) is 28.2 Å². The third kappa shape index (κ3) is 14.9. The predicted octanol–water partition coefficient (Wildman–Crippen LogP) is 26.4. The fourth-order valence-electron chi connectivity index (χ4n) is 22.0. The molecule has 0 N–H and O–H groups in total. The smallest absolute Gasteiger partial charge is 0.294 e. The van der Waals surface area contributed by atoms with Crippen molar-refractivity contribution in [2.24, 2.45) is 0 Å². The van der Waals surface area contributed by atoms with Crippen LogP contribution in [0.5, 0.6) is 0 Å². The fourth-order valence-corrected chi connectivity index (χ4v) is 22.0. The summed E-state index contributed by atoms with van der Waals surface area (Å²) in [4.78, 5) is 25.9. The van der Waals surface area contributed by atoms with Gasteiger partial charge < -0.3 is 33.3 Å². The minimum atomic E-state index is -0.0557. The summed E-state index contributed by atoms with van der Waals surface area (Å²) >= 11 is 0. The number of hydrogen-bond donors (Lipinski definition) is 0. The minimum absolute atomic E-state index is 0.00557. The van der Waals surface area contributed by atoms with E-state index in [1.54, 1.807) is 0 Å². The van der Waals surface area contributed by atoms with Gasteiger partial charge in [0.2, 0.25) is 0 Å². The van der Waals surface area contributed by atoms with E-state index in [-0.39, 0.29) is 63.5 Å². The highest BCUT2D eigenvalue weighted by molar-refractivity contribution is 7.00. The van der Waals surface area contributed by atoms with Crippen LogP contribution in [0.25, 0.3) is 61.3 Å². The van der Waals surface area contributed by atoms with Crippen molar-refractivity contribution in [3.63, 3.8) is 0 Å². The monoisotopic (exact) mass is 1800 g/mol. The van der Waals surface area contributed by atoms with E-state index in [9.17, 15) is 0 Å². The van der Waals surface area contributed by atoms with E-state index in [0.717, 1.165) is 62.0 Å². The summed E-state index contributed by atoms with van der Waals surface area (Å²) in [5, 5.41) is 0. The Balaban J connectivity index is 0.000000121. The van der Waals surface area contributed by atoms with Gasteiger partial charge >= 0.3 is 0 Å². The highest BCUT2D eigenvalue weighted by Crippen LogP contribution is 2.51. The molecule has 10 nitrogen and oxygen atoms in total. The third-order valence-corrected chi connectivity index (χ3v) is 29.8. The van der Waals surface area contributed by atoms with E-state index in [1.807, 2.05) is 0 Å². The average Bonchev–Trinajstić information content (AvgIpc) is 1.54. The lowest BCUT2D eigenvalue weighted by atomic mass is 9.38. The number of imidazole rings is 3. The molecule has 0 fully saturated rings. The van der Waals surface area contributed by atoms with Crippen LogP contribution in [0, 0.1) is 0 Å². The molecule has 0 bridgehead atoms. The minimum Gasteiger partial charge on any atom is -0.311 e. The number of para-hydroxylation sites is 8. The lowest BCUT2D eigenvalue weighted by Gasteiger charge is -2.38. The first-order valence-electron chi connectivity index (χ1n) is 49.7. The largest absolute Gasteiger partial charge is 0.311 e. The number of nitrogens with zero attached hydrogens (tertiary/aromatic N) is 10. The van der Waals surface area contributed by atoms with Crippen LogP contribution in [0.15, 0.2) is 322 Å². The quantitative estimate of drug-likeness (QED) is 0.147. The Labute approximate surface area is 817 Å². The van der Waals surface area contributed by atoms with Crippen molar-refractivity contribution in [1.29, 1.82) is 0 Å². The Kier molecular flexibility index (Phi) is 20.6. The molecule has 0 aliphatic carbocycles. The van der Waals surface area contributed by atoms with E-state index >= 15 is 0 Å². The van der Waals surface area contributed by atoms with Gasteiger partial charge in [0.05, 0.1) is 56.0 Å². The molecule has 0 radical (unpaired) electrons. The summed E-state index contributed by atoms with van der Waals surface area (Å²) in [7, 11) is 0. The number of hydrogen-bond acceptors (Lipinski definition) is 7. The Morgan fingerprint density at radius 2 is 0.500 bits per heavy atom. The van der Waals surface area contributed by atoms with Crippen molar-refractivity contribution in [2.45, 2.75) is 209 Å². The van der Waals surface area contributed by atoms with E-state index in [2.05, 4.69) is 521 Å². The Morgan fingerprint density at radius 1 is 0.210 bits per heavy atom. The molecule has 6 aliphatic heterocycles. The first-order chi connectivity index (χ1) is 65.5. The zero-order chi connectivity index (χ0) is 96.5. The molecule has 24 rings (SSSR count). The summed E-state index contributed by atoms with van der Waals surface area (Å²) in [5.74, 6) is 0. The SMILES string of the molecule is CC(C)(C)c1ccc(N(c2ccc(C(C)(C)C)cc2)c2ccc3c(c2)N(c2ccccc2)c2cc(C(C)(C)C)cc4c2B3c2nc3ccccc3n2-4)cc1.CC(C)(C)c1ccc2c(c1)B1c3c(cc(C(C)(C)C)cc3-n3c1nc1ccccc13)N2c1ccc(C(C)(C)C)cc1-c1ccccc1.CC(C)(C)c1ccc2c(c1)B1c3c(cc(C(C)(C)C)cc3-n3c1nc1ccccc13)N2c1ccccc1. The molecule has 684 valence electrons. The molecule has 0 atom stereocenters. The van der Waals surface area contributed by atoms with Gasteiger partial charge in [-0.05, 0) is 284 Å². The number of aromatic nitrogens is 6. The summed E-state index contributed by atoms with van der Waals surface area (Å²) in [5.41, 5.74) is 49.3. The third-order valence-electron chi connectivity index (χ3n) is 29.8. The number of rotatable bonds is 7. The van der Waals surface area contributed by atoms with Crippen LogP contribution < -0.4 is 69.5 Å². The van der Waals surface area contributed by atoms with Gasteiger partial charge in [0, 0.05) is 85.2 Å². The molecule has 3 aromatic heterocycles. The molecule has 13 heteroatoms. The summed E-state index contributed by atoms with van der Waals surface area (Å²) in [6, 6.07) is 120. The van der Waals surface area contributed by atoms with Crippen LogP contribution in [0.4, 0.5) is 68.2 Å². The molecule has 9 heterocycles. The second-order valence-electron chi connectivity index (χ2n) is 47.5. The standard InChI is InChI=1S/C49H49BN4.C43H44BN3.C33H32BN3/c1-47(2,3)32-19-23-36(24-20-32)52(37-25-21-33(22-26-37)48(4,5)6)38-27-28-39-42(31-38)53(35-15-11-10-12-16-35)43-29-34(49(7,8)9)30-44-45(43)50(39)46-51-40-17-13-14-18-41(40)54(44)46;1-41(2,3)28-19-21-34(31(23-28)27-15-11-10-12-16-27)46-35-22-20-29(42(4,5)6)24-32(35)44-39-37(46)25-30(43(7,8)9)26-38(39)47-36-18-14-13-17-33(36)45-40(44)47;1-32(2,3)21-16-17-26-24(18-21)34-30-28(36(26)23-12-8-7-9-13-23)19-22(33(4,5)6)20-29(30)37-27-15-11-10-14-25(27)35-31(34)37/h10-31H,1-9H3;10-26H,1-9H3;7-20H,1-6H3. The van der Waals surface area contributed by atoms with Gasteiger partial charge in [-0.1, -0.05) is 330 Å². The van der Waals surface area contributed by atoms with Gasteiger partial charge in [-0.25, -0.2) is 15.0 Å². The predicted molar refractivity (Wildman–Crippen MR) is 591 cm³/mol. The van der Waals surface area contributed by atoms with Crippen LogP contribution in [0.3, 0.4) is 0 Å². The molecule has 0 amide bonds. The van der Waals surface area contributed by atoms with Crippen LogP contribution >= 0.6 is 0 Å². The van der Waals surface area contributed by atoms with Crippen molar-refractivity contribution >= 4 is 171 Å². The molecule has 6 aliphatic rings. The van der Waals surface area contributed by atoms with Crippen LogP contribution in [0.2, 0.25) is 0 Å². The van der Waals surface area contributed by atoms with E-state index in [1.165, 1.54) is 162 Å². The van der Waals surface area contributed by atoms with Crippen LogP contribution in [0.1, 0.15) is 211 Å². The highest BCUT2D eigenvalue weighted by Gasteiger charge is 2.51. The molecule has 15 aromatic carbocycles. The van der Waals surface area contributed by atoms with E-state index in [4.69, 9.17) is 15.0 Å². The van der Waals surface area contributed by atoms with E-state index in [0.29, 0.717) is 0 Å². The van der Waals surface area contributed by atoms with Crippen LogP contribution in [-0.2, 0) is 43.3 Å². The van der Waals surface area contributed by atoms with Gasteiger partial charge in [-0.2, -0.15) is 0 Å². The molecule has 138 heavy (non-hydrogen) atoms. The molecule has 0 spiro atoms. The number of anilines is 12. The van der Waals surface area contributed by atoms with Crippen molar-refractivity contribution in [2.75, 3.05) is 19.6 Å². The van der Waals surface area contributed by atoms with Crippen molar-refractivity contribution < 1.29 is 0 Å². The molecule has 0 unspecified atom stereocenters. The number of fused-ring (bicyclic) bond motifs is 21. The van der Waals surface area contributed by atoms with Gasteiger partial charge in [0.25, 0.3) is 20.1 Å². The zero-order valence-corrected chi connectivity index (χ0v) is 84.8. The molecular formula is C125H125B3N10. The van der Waals surface area contributed by atoms with Crippen LogP contribution in [-0.4, -0.2) is 48.8 Å². The lowest BCUT2D eigenvalue weighted by Crippen LogP contribution is -2.56.